The fraction of sp³-hybridized carbons (Fsp3) is 0. The number of nitrogens with two attached hydrogens (primary N) is 1. The molecule has 0 amide bonds. The summed E-state index contributed by atoms with van der Waals surface area (Å²) in [5.41, 5.74) is 7.28. The van der Waals surface area contributed by atoms with Crippen molar-refractivity contribution in [3.05, 3.63) is 47.2 Å². The standard InChI is InChI=1S/C13H8ClFN2S/c14-7-3-1-6-10-12(7)18-13(17-10)11-8(15)4-2-5-9(11)16/h1-6H,16H2. The van der Waals surface area contributed by atoms with Gasteiger partial charge in [-0.1, -0.05) is 23.7 Å². The van der Waals surface area contributed by atoms with Crippen molar-refractivity contribution in [2.45, 2.75) is 0 Å². The minimum atomic E-state index is -0.370. The molecule has 2 N–H and O–H groups in total. The number of benzene rings is 2. The Morgan fingerprint density at radius 3 is 2.67 bits per heavy atom. The Kier molecular flexibility index (Phi) is 2.69. The van der Waals surface area contributed by atoms with Gasteiger partial charge in [0.25, 0.3) is 0 Å². The molecule has 0 saturated carbocycles. The van der Waals surface area contributed by atoms with E-state index in [-0.39, 0.29) is 5.82 Å². The quantitative estimate of drug-likeness (QED) is 0.673. The SMILES string of the molecule is Nc1cccc(F)c1-c1nc2cccc(Cl)c2s1. The molecule has 5 heteroatoms. The van der Waals surface area contributed by atoms with Gasteiger partial charge in [0.15, 0.2) is 0 Å². The maximum Gasteiger partial charge on any atom is 0.135 e. The summed E-state index contributed by atoms with van der Waals surface area (Å²) in [5.74, 6) is -0.370. The van der Waals surface area contributed by atoms with Gasteiger partial charge in [-0.05, 0) is 24.3 Å². The van der Waals surface area contributed by atoms with Gasteiger partial charge in [-0.2, -0.15) is 0 Å². The number of nitrogen functional groups attached to an aromatic ring is 1. The summed E-state index contributed by atoms with van der Waals surface area (Å²) in [6.07, 6.45) is 0. The summed E-state index contributed by atoms with van der Waals surface area (Å²) < 4.78 is 14.7. The van der Waals surface area contributed by atoms with Crippen molar-refractivity contribution >= 4 is 38.8 Å². The van der Waals surface area contributed by atoms with Crippen LogP contribution < -0.4 is 5.73 Å². The van der Waals surface area contributed by atoms with E-state index in [0.29, 0.717) is 21.3 Å². The highest BCUT2D eigenvalue weighted by Gasteiger charge is 2.14. The van der Waals surface area contributed by atoms with E-state index >= 15 is 0 Å². The van der Waals surface area contributed by atoms with Crippen LogP contribution in [0.2, 0.25) is 5.02 Å². The lowest BCUT2D eigenvalue weighted by Gasteiger charge is -2.02. The first-order valence-electron chi connectivity index (χ1n) is 5.26. The molecule has 1 aromatic heterocycles. The van der Waals surface area contributed by atoms with E-state index in [2.05, 4.69) is 4.98 Å². The van der Waals surface area contributed by atoms with Crippen molar-refractivity contribution in [1.29, 1.82) is 0 Å². The smallest absolute Gasteiger partial charge is 0.135 e. The summed E-state index contributed by atoms with van der Waals surface area (Å²) >= 11 is 7.43. The average Bonchev–Trinajstić information content (AvgIpc) is 2.74. The van der Waals surface area contributed by atoms with Gasteiger partial charge < -0.3 is 5.73 Å². The zero-order valence-corrected chi connectivity index (χ0v) is 10.7. The molecule has 0 saturated heterocycles. The Morgan fingerprint density at radius 1 is 1.17 bits per heavy atom. The van der Waals surface area contributed by atoms with Crippen LogP contribution in [0, 0.1) is 5.82 Å². The molecule has 0 aliphatic heterocycles. The number of thiazole rings is 1. The van der Waals surface area contributed by atoms with Crippen LogP contribution in [-0.4, -0.2) is 4.98 Å². The van der Waals surface area contributed by atoms with Gasteiger partial charge in [0.1, 0.15) is 10.8 Å². The van der Waals surface area contributed by atoms with Crippen molar-refractivity contribution in [3.8, 4) is 10.6 Å². The van der Waals surface area contributed by atoms with Crippen LogP contribution in [-0.2, 0) is 0 Å². The third-order valence-electron chi connectivity index (χ3n) is 2.63. The highest BCUT2D eigenvalue weighted by molar-refractivity contribution is 7.22. The third kappa shape index (κ3) is 1.74. The lowest BCUT2D eigenvalue weighted by molar-refractivity contribution is 0.632. The zero-order chi connectivity index (χ0) is 12.7. The van der Waals surface area contributed by atoms with E-state index in [1.807, 2.05) is 12.1 Å². The predicted octanol–water partition coefficient (Wildman–Crippen LogP) is 4.34. The number of hydrogen-bond acceptors (Lipinski definition) is 3. The number of hydrogen-bond donors (Lipinski definition) is 1. The molecule has 18 heavy (non-hydrogen) atoms. The third-order valence-corrected chi connectivity index (χ3v) is 4.18. The van der Waals surface area contributed by atoms with Crippen molar-refractivity contribution in [1.82, 2.24) is 4.98 Å². The summed E-state index contributed by atoms with van der Waals surface area (Å²) in [6.45, 7) is 0. The number of fused-ring (bicyclic) bond motifs is 1. The number of halogens is 2. The second kappa shape index (κ2) is 4.23. The van der Waals surface area contributed by atoms with Crippen molar-refractivity contribution in [3.63, 3.8) is 0 Å². The Balaban J connectivity index is 2.30. The highest BCUT2D eigenvalue weighted by atomic mass is 35.5. The van der Waals surface area contributed by atoms with Gasteiger partial charge in [0.2, 0.25) is 0 Å². The van der Waals surface area contributed by atoms with Crippen molar-refractivity contribution < 1.29 is 4.39 Å². The monoisotopic (exact) mass is 278 g/mol. The fourth-order valence-electron chi connectivity index (χ4n) is 1.79. The van der Waals surface area contributed by atoms with Gasteiger partial charge in [0.05, 0.1) is 20.8 Å². The number of aromatic nitrogens is 1. The minimum absolute atomic E-state index is 0.342. The molecule has 0 spiro atoms. The molecule has 0 aliphatic rings. The number of nitrogens with zero attached hydrogens (tertiary/aromatic N) is 1. The highest BCUT2D eigenvalue weighted by Crippen LogP contribution is 2.37. The summed E-state index contributed by atoms with van der Waals surface area (Å²) in [5, 5.41) is 1.17. The van der Waals surface area contributed by atoms with Crippen LogP contribution >= 0.6 is 22.9 Å². The second-order valence-electron chi connectivity index (χ2n) is 3.81. The van der Waals surface area contributed by atoms with Gasteiger partial charge in [0, 0.05) is 5.69 Å². The lowest BCUT2D eigenvalue weighted by atomic mass is 10.2. The van der Waals surface area contributed by atoms with E-state index in [4.69, 9.17) is 17.3 Å². The van der Waals surface area contributed by atoms with Crippen LogP contribution in [0.1, 0.15) is 0 Å². The van der Waals surface area contributed by atoms with E-state index in [9.17, 15) is 4.39 Å². The van der Waals surface area contributed by atoms with Crippen LogP contribution in [0.3, 0.4) is 0 Å². The predicted molar refractivity (Wildman–Crippen MR) is 74.4 cm³/mol. The maximum atomic E-state index is 13.8. The van der Waals surface area contributed by atoms with Gasteiger partial charge in [-0.3, -0.25) is 0 Å². The molecule has 0 bridgehead atoms. The molecule has 3 aromatic rings. The van der Waals surface area contributed by atoms with E-state index < -0.39 is 0 Å². The minimum Gasteiger partial charge on any atom is -0.398 e. The molecule has 0 fully saturated rings. The van der Waals surface area contributed by atoms with Crippen LogP contribution in [0.25, 0.3) is 20.8 Å². The molecule has 90 valence electrons. The fourth-order valence-corrected chi connectivity index (χ4v) is 3.11. The Morgan fingerprint density at radius 2 is 1.94 bits per heavy atom. The largest absolute Gasteiger partial charge is 0.398 e. The zero-order valence-electron chi connectivity index (χ0n) is 9.15. The van der Waals surface area contributed by atoms with Crippen molar-refractivity contribution in [2.24, 2.45) is 0 Å². The number of rotatable bonds is 1. The molecule has 0 radical (unpaired) electrons. The molecule has 0 atom stereocenters. The molecule has 3 rings (SSSR count). The van der Waals surface area contributed by atoms with Crippen LogP contribution in [0.15, 0.2) is 36.4 Å². The first-order chi connectivity index (χ1) is 8.66. The first kappa shape index (κ1) is 11.4. The summed E-state index contributed by atoms with van der Waals surface area (Å²) in [4.78, 5) is 4.38. The Hall–Kier alpha value is -1.65. The molecule has 0 aliphatic carbocycles. The molecule has 2 aromatic carbocycles. The first-order valence-corrected chi connectivity index (χ1v) is 6.45. The maximum absolute atomic E-state index is 13.8. The van der Waals surface area contributed by atoms with Gasteiger partial charge >= 0.3 is 0 Å². The van der Waals surface area contributed by atoms with Gasteiger partial charge in [-0.25, -0.2) is 9.37 Å². The Bertz CT molecular complexity index is 719. The molecule has 1 heterocycles. The van der Waals surface area contributed by atoms with E-state index in [0.717, 1.165) is 10.2 Å². The molecule has 0 unspecified atom stereocenters. The van der Waals surface area contributed by atoms with Crippen molar-refractivity contribution in [2.75, 3.05) is 5.73 Å². The number of anilines is 1. The molecule has 2 nitrogen and oxygen atoms in total. The second-order valence-corrected chi connectivity index (χ2v) is 5.22. The van der Waals surface area contributed by atoms with Gasteiger partial charge in [-0.15, -0.1) is 11.3 Å². The van der Waals surface area contributed by atoms with E-state index in [1.165, 1.54) is 17.4 Å². The normalized spacial score (nSPS) is 11.0. The average molecular weight is 279 g/mol. The van der Waals surface area contributed by atoms with Crippen LogP contribution in [0.4, 0.5) is 10.1 Å². The summed E-state index contributed by atoms with van der Waals surface area (Å²) in [6, 6.07) is 10.1. The van der Waals surface area contributed by atoms with Crippen LogP contribution in [0.5, 0.6) is 0 Å². The summed E-state index contributed by atoms with van der Waals surface area (Å²) in [7, 11) is 0. The lowest BCUT2D eigenvalue weighted by Crippen LogP contribution is -1.92. The Labute approximate surface area is 112 Å². The molecular formula is C13H8ClFN2S. The topological polar surface area (TPSA) is 38.9 Å². The molecular weight excluding hydrogens is 271 g/mol. The van der Waals surface area contributed by atoms with E-state index in [1.54, 1.807) is 18.2 Å².